The Bertz CT molecular complexity index is 514. The van der Waals surface area contributed by atoms with Crippen molar-refractivity contribution in [3.63, 3.8) is 0 Å². The van der Waals surface area contributed by atoms with Crippen LogP contribution in [0.2, 0.25) is 0 Å². The van der Waals surface area contributed by atoms with E-state index in [1.807, 2.05) is 26.0 Å². The van der Waals surface area contributed by atoms with E-state index in [1.165, 1.54) is 4.31 Å². The quantitative estimate of drug-likeness (QED) is 0.826. The number of nitrogens with zero attached hydrogens (tertiary/aromatic N) is 1. The highest BCUT2D eigenvalue weighted by atomic mass is 79.9. The van der Waals surface area contributed by atoms with Crippen molar-refractivity contribution in [2.75, 3.05) is 7.05 Å². The van der Waals surface area contributed by atoms with Gasteiger partial charge in [-0.25, -0.2) is 8.42 Å². The Morgan fingerprint density at radius 1 is 1.39 bits per heavy atom. The van der Waals surface area contributed by atoms with Gasteiger partial charge in [-0.15, -0.1) is 0 Å². The molecule has 18 heavy (non-hydrogen) atoms. The summed E-state index contributed by atoms with van der Waals surface area (Å²) in [5.41, 5.74) is 0.772. The molecule has 0 saturated heterocycles. The summed E-state index contributed by atoms with van der Waals surface area (Å²) in [6, 6.07) is 5.34. The van der Waals surface area contributed by atoms with Gasteiger partial charge in [0, 0.05) is 17.6 Å². The molecule has 5 heteroatoms. The Balaban J connectivity index is 3.17. The summed E-state index contributed by atoms with van der Waals surface area (Å²) >= 11 is 3.32. The molecular formula is C13H20BrNO2S. The van der Waals surface area contributed by atoms with Gasteiger partial charge >= 0.3 is 0 Å². The van der Waals surface area contributed by atoms with Gasteiger partial charge in [0.05, 0.1) is 4.90 Å². The van der Waals surface area contributed by atoms with Crippen LogP contribution < -0.4 is 0 Å². The summed E-state index contributed by atoms with van der Waals surface area (Å²) in [5.74, 6) is 0. The van der Waals surface area contributed by atoms with Crippen LogP contribution in [0.3, 0.4) is 0 Å². The standard InChI is InChI=1S/C13H20BrNO2S/c1-5-6-11(3)15(4)18(16,17)13-9-12(14)8-7-10(13)2/h7-9,11H,5-6H2,1-4H3. The molecule has 1 aromatic rings. The molecule has 102 valence electrons. The molecule has 1 aromatic carbocycles. The van der Waals surface area contributed by atoms with Gasteiger partial charge in [0.2, 0.25) is 10.0 Å². The van der Waals surface area contributed by atoms with E-state index in [0.29, 0.717) is 4.90 Å². The average Bonchev–Trinajstić information content (AvgIpc) is 2.31. The molecule has 0 radical (unpaired) electrons. The van der Waals surface area contributed by atoms with Gasteiger partial charge in [-0.05, 0) is 38.0 Å². The van der Waals surface area contributed by atoms with Crippen molar-refractivity contribution < 1.29 is 8.42 Å². The highest BCUT2D eigenvalue weighted by Gasteiger charge is 2.26. The number of halogens is 1. The molecule has 0 aliphatic rings. The first-order chi connectivity index (χ1) is 8.30. The third kappa shape index (κ3) is 3.33. The van der Waals surface area contributed by atoms with Crippen LogP contribution in [-0.4, -0.2) is 25.8 Å². The van der Waals surface area contributed by atoms with E-state index in [9.17, 15) is 8.42 Å². The van der Waals surface area contributed by atoms with Crippen molar-refractivity contribution >= 4 is 26.0 Å². The van der Waals surface area contributed by atoms with Crippen LogP contribution in [0.4, 0.5) is 0 Å². The van der Waals surface area contributed by atoms with E-state index >= 15 is 0 Å². The summed E-state index contributed by atoms with van der Waals surface area (Å²) < 4.78 is 27.3. The maximum Gasteiger partial charge on any atom is 0.243 e. The molecule has 0 aliphatic heterocycles. The first-order valence-electron chi connectivity index (χ1n) is 6.05. The maximum atomic E-state index is 12.5. The zero-order valence-electron chi connectivity index (χ0n) is 11.3. The number of rotatable bonds is 5. The largest absolute Gasteiger partial charge is 0.243 e. The molecule has 0 fully saturated rings. The molecule has 0 saturated carbocycles. The predicted octanol–water partition coefficient (Wildman–Crippen LogP) is 3.57. The fourth-order valence-corrected chi connectivity index (χ4v) is 4.00. The van der Waals surface area contributed by atoms with Crippen molar-refractivity contribution in [1.29, 1.82) is 0 Å². The molecule has 0 aromatic heterocycles. The average molecular weight is 334 g/mol. The Morgan fingerprint density at radius 2 is 2.00 bits per heavy atom. The smallest absolute Gasteiger partial charge is 0.207 e. The first kappa shape index (κ1) is 15.7. The molecule has 3 nitrogen and oxygen atoms in total. The zero-order chi connectivity index (χ0) is 13.9. The molecular weight excluding hydrogens is 314 g/mol. The van der Waals surface area contributed by atoms with Crippen molar-refractivity contribution in [2.45, 2.75) is 44.6 Å². The van der Waals surface area contributed by atoms with Crippen LogP contribution in [0.1, 0.15) is 32.3 Å². The second-order valence-electron chi connectivity index (χ2n) is 4.57. The highest BCUT2D eigenvalue weighted by molar-refractivity contribution is 9.10. The van der Waals surface area contributed by atoms with Crippen LogP contribution >= 0.6 is 15.9 Å². The van der Waals surface area contributed by atoms with E-state index in [1.54, 1.807) is 13.1 Å². The minimum atomic E-state index is -3.41. The zero-order valence-corrected chi connectivity index (χ0v) is 13.7. The third-order valence-corrected chi connectivity index (χ3v) is 5.74. The van der Waals surface area contributed by atoms with E-state index < -0.39 is 10.0 Å². The van der Waals surface area contributed by atoms with Crippen molar-refractivity contribution in [2.24, 2.45) is 0 Å². The lowest BCUT2D eigenvalue weighted by atomic mass is 10.2. The first-order valence-corrected chi connectivity index (χ1v) is 8.28. The number of aryl methyl sites for hydroxylation is 1. The monoisotopic (exact) mass is 333 g/mol. The SMILES string of the molecule is CCCC(C)N(C)S(=O)(=O)c1cc(Br)ccc1C. The molecule has 0 spiro atoms. The fourth-order valence-electron chi connectivity index (χ4n) is 1.84. The Morgan fingerprint density at radius 3 is 2.56 bits per heavy atom. The molecule has 1 atom stereocenters. The Labute approximate surface area is 118 Å². The second kappa shape index (κ2) is 6.17. The van der Waals surface area contributed by atoms with Crippen LogP contribution in [0, 0.1) is 6.92 Å². The Kier molecular flexibility index (Phi) is 5.37. The lowest BCUT2D eigenvalue weighted by Crippen LogP contribution is -2.35. The van der Waals surface area contributed by atoms with Gasteiger partial charge in [0.25, 0.3) is 0 Å². The molecule has 0 N–H and O–H groups in total. The van der Waals surface area contributed by atoms with Gasteiger partial charge in [0.1, 0.15) is 0 Å². The van der Waals surface area contributed by atoms with Crippen LogP contribution in [0.15, 0.2) is 27.6 Å². The van der Waals surface area contributed by atoms with Crippen LogP contribution in [0.5, 0.6) is 0 Å². The Hall–Kier alpha value is -0.390. The minimum Gasteiger partial charge on any atom is -0.207 e. The second-order valence-corrected chi connectivity index (χ2v) is 7.45. The van der Waals surface area contributed by atoms with E-state index in [-0.39, 0.29) is 6.04 Å². The van der Waals surface area contributed by atoms with Gasteiger partial charge in [-0.2, -0.15) is 4.31 Å². The fraction of sp³-hybridized carbons (Fsp3) is 0.538. The van der Waals surface area contributed by atoms with Gasteiger partial charge < -0.3 is 0 Å². The summed E-state index contributed by atoms with van der Waals surface area (Å²) in [4.78, 5) is 0.377. The summed E-state index contributed by atoms with van der Waals surface area (Å²) in [6.45, 7) is 5.81. The lowest BCUT2D eigenvalue weighted by molar-refractivity contribution is 0.368. The summed E-state index contributed by atoms with van der Waals surface area (Å²) in [7, 11) is -1.76. The topological polar surface area (TPSA) is 37.4 Å². The normalized spacial score (nSPS) is 13.9. The van der Waals surface area contributed by atoms with E-state index in [2.05, 4.69) is 22.9 Å². The van der Waals surface area contributed by atoms with Crippen LogP contribution in [-0.2, 0) is 10.0 Å². The molecule has 1 rings (SSSR count). The van der Waals surface area contributed by atoms with Crippen molar-refractivity contribution in [3.8, 4) is 0 Å². The van der Waals surface area contributed by atoms with E-state index in [4.69, 9.17) is 0 Å². The lowest BCUT2D eigenvalue weighted by Gasteiger charge is -2.24. The minimum absolute atomic E-state index is 0.0124. The molecule has 0 amide bonds. The van der Waals surface area contributed by atoms with Gasteiger partial charge in [-0.1, -0.05) is 35.3 Å². The summed E-state index contributed by atoms with van der Waals surface area (Å²) in [5, 5.41) is 0. The third-order valence-electron chi connectivity index (χ3n) is 3.13. The molecule has 1 unspecified atom stereocenters. The number of hydrogen-bond acceptors (Lipinski definition) is 2. The van der Waals surface area contributed by atoms with Crippen molar-refractivity contribution in [1.82, 2.24) is 4.31 Å². The van der Waals surface area contributed by atoms with Gasteiger partial charge in [-0.3, -0.25) is 0 Å². The molecule has 0 aliphatic carbocycles. The van der Waals surface area contributed by atoms with Gasteiger partial charge in [0.15, 0.2) is 0 Å². The molecule has 0 bridgehead atoms. The summed E-state index contributed by atoms with van der Waals surface area (Å²) in [6.07, 6.45) is 1.83. The molecule has 0 heterocycles. The van der Waals surface area contributed by atoms with Crippen molar-refractivity contribution in [3.05, 3.63) is 28.2 Å². The van der Waals surface area contributed by atoms with Crippen LogP contribution in [0.25, 0.3) is 0 Å². The number of sulfonamides is 1. The number of benzene rings is 1. The highest BCUT2D eigenvalue weighted by Crippen LogP contribution is 2.25. The number of hydrogen-bond donors (Lipinski definition) is 0. The predicted molar refractivity (Wildman–Crippen MR) is 78.2 cm³/mol. The maximum absolute atomic E-state index is 12.5. The van der Waals surface area contributed by atoms with E-state index in [0.717, 1.165) is 22.9 Å².